The van der Waals surface area contributed by atoms with E-state index in [4.69, 9.17) is 0 Å². The molecule has 0 atom stereocenters. The van der Waals surface area contributed by atoms with Gasteiger partial charge in [-0.1, -0.05) is 37.1 Å². The number of benzene rings is 2. The standard InChI is InChI=1S/C25H28N4O3S/c30-25(27-23-8-5-7-22(19-23)20-28-16-6-15-26-28)14-11-21-9-12-24(13-10-21)33(31,32)29-17-3-1-2-4-18-29/h5-16,19H,1-4,17-18,20H2,(H,27,30)/b14-11+. The number of nitrogens with zero attached hydrogens (tertiary/aromatic N) is 3. The minimum absolute atomic E-state index is 0.257. The van der Waals surface area contributed by atoms with Crippen molar-refractivity contribution < 1.29 is 13.2 Å². The summed E-state index contributed by atoms with van der Waals surface area (Å²) >= 11 is 0. The predicted molar refractivity (Wildman–Crippen MR) is 129 cm³/mol. The summed E-state index contributed by atoms with van der Waals surface area (Å²) < 4.78 is 29.2. The number of hydrogen-bond acceptors (Lipinski definition) is 4. The number of aromatic nitrogens is 2. The molecule has 2 aromatic carbocycles. The van der Waals surface area contributed by atoms with Crippen LogP contribution in [-0.2, 0) is 21.4 Å². The van der Waals surface area contributed by atoms with Gasteiger partial charge in [0.25, 0.3) is 0 Å². The van der Waals surface area contributed by atoms with Gasteiger partial charge < -0.3 is 5.32 Å². The molecule has 0 saturated carbocycles. The van der Waals surface area contributed by atoms with Crippen LogP contribution in [0.3, 0.4) is 0 Å². The largest absolute Gasteiger partial charge is 0.323 e. The molecule has 0 radical (unpaired) electrons. The highest BCUT2D eigenvalue weighted by molar-refractivity contribution is 7.89. The monoisotopic (exact) mass is 464 g/mol. The third kappa shape index (κ3) is 6.18. The molecule has 33 heavy (non-hydrogen) atoms. The minimum atomic E-state index is -3.47. The van der Waals surface area contributed by atoms with Gasteiger partial charge in [0.1, 0.15) is 0 Å². The molecule has 2 heterocycles. The average Bonchev–Trinajstić information content (AvgIpc) is 3.16. The lowest BCUT2D eigenvalue weighted by molar-refractivity contribution is -0.111. The van der Waals surface area contributed by atoms with Gasteiger partial charge in [-0.25, -0.2) is 8.42 Å². The summed E-state index contributed by atoms with van der Waals surface area (Å²) in [5, 5.41) is 7.05. The summed E-state index contributed by atoms with van der Waals surface area (Å²) in [5.41, 5.74) is 2.49. The molecular formula is C25H28N4O3S. The van der Waals surface area contributed by atoms with E-state index in [1.807, 2.05) is 41.2 Å². The Hall–Kier alpha value is -3.23. The molecule has 0 unspecified atom stereocenters. The number of rotatable bonds is 7. The number of sulfonamides is 1. The van der Waals surface area contributed by atoms with Gasteiger partial charge in [0.05, 0.1) is 11.4 Å². The first-order valence-electron chi connectivity index (χ1n) is 11.2. The Bertz CT molecular complexity index is 1190. The van der Waals surface area contributed by atoms with Crippen molar-refractivity contribution in [1.82, 2.24) is 14.1 Å². The highest BCUT2D eigenvalue weighted by Crippen LogP contribution is 2.21. The number of amides is 1. The average molecular weight is 465 g/mol. The first-order valence-corrected chi connectivity index (χ1v) is 12.6. The Morgan fingerprint density at radius 1 is 1.00 bits per heavy atom. The summed E-state index contributed by atoms with van der Waals surface area (Å²) in [6, 6.07) is 16.1. The molecule has 4 rings (SSSR count). The van der Waals surface area contributed by atoms with Gasteiger partial charge in [-0.05, 0) is 60.4 Å². The second kappa shape index (κ2) is 10.6. The summed E-state index contributed by atoms with van der Waals surface area (Å²) in [7, 11) is -3.47. The summed E-state index contributed by atoms with van der Waals surface area (Å²) in [6.45, 7) is 1.78. The van der Waals surface area contributed by atoms with E-state index in [2.05, 4.69) is 10.4 Å². The molecule has 0 aliphatic carbocycles. The van der Waals surface area contributed by atoms with Gasteiger partial charge in [0.2, 0.25) is 15.9 Å². The van der Waals surface area contributed by atoms with Crippen LogP contribution in [0.1, 0.15) is 36.8 Å². The van der Waals surface area contributed by atoms with Crippen LogP contribution in [0.25, 0.3) is 6.08 Å². The normalized spacial score (nSPS) is 15.4. The Balaban J connectivity index is 1.36. The quantitative estimate of drug-likeness (QED) is 0.533. The van der Waals surface area contributed by atoms with Crippen LogP contribution < -0.4 is 5.32 Å². The second-order valence-electron chi connectivity index (χ2n) is 8.11. The first kappa shape index (κ1) is 22.9. The van der Waals surface area contributed by atoms with Crippen molar-refractivity contribution in [1.29, 1.82) is 0 Å². The zero-order valence-corrected chi connectivity index (χ0v) is 19.2. The number of carbonyl (C=O) groups is 1. The van der Waals surface area contributed by atoms with E-state index in [1.165, 1.54) is 6.08 Å². The topological polar surface area (TPSA) is 84.3 Å². The molecule has 0 spiro atoms. The van der Waals surface area contributed by atoms with Crippen LogP contribution in [0.4, 0.5) is 5.69 Å². The van der Waals surface area contributed by atoms with Crippen molar-refractivity contribution >= 4 is 27.7 Å². The lowest BCUT2D eigenvalue weighted by atomic mass is 10.2. The SMILES string of the molecule is O=C(/C=C/c1ccc(S(=O)(=O)N2CCCCCC2)cc1)Nc1cccc(Cn2cccn2)c1. The molecule has 7 nitrogen and oxygen atoms in total. The van der Waals surface area contributed by atoms with E-state index >= 15 is 0 Å². The van der Waals surface area contributed by atoms with E-state index in [0.29, 0.717) is 30.2 Å². The van der Waals surface area contributed by atoms with Gasteiger partial charge >= 0.3 is 0 Å². The summed E-state index contributed by atoms with van der Waals surface area (Å²) in [4.78, 5) is 12.7. The van der Waals surface area contributed by atoms with Crippen molar-refractivity contribution in [3.63, 3.8) is 0 Å². The lowest BCUT2D eigenvalue weighted by Gasteiger charge is -2.19. The fourth-order valence-electron chi connectivity index (χ4n) is 3.87. The lowest BCUT2D eigenvalue weighted by Crippen LogP contribution is -2.31. The Kier molecular flexibility index (Phi) is 7.36. The van der Waals surface area contributed by atoms with Crippen molar-refractivity contribution in [3.05, 3.63) is 84.2 Å². The van der Waals surface area contributed by atoms with E-state index in [-0.39, 0.29) is 5.91 Å². The maximum Gasteiger partial charge on any atom is 0.248 e. The molecule has 1 aliphatic rings. The fraction of sp³-hybridized carbons (Fsp3) is 0.280. The van der Waals surface area contributed by atoms with Gasteiger partial charge in [-0.3, -0.25) is 9.48 Å². The molecule has 8 heteroatoms. The van der Waals surface area contributed by atoms with E-state index in [9.17, 15) is 13.2 Å². The van der Waals surface area contributed by atoms with Crippen molar-refractivity contribution in [2.45, 2.75) is 37.1 Å². The molecule has 1 saturated heterocycles. The van der Waals surface area contributed by atoms with Crippen LogP contribution in [0.15, 0.2) is 78.0 Å². The Labute approximate surface area is 194 Å². The van der Waals surface area contributed by atoms with Crippen LogP contribution in [0, 0.1) is 0 Å². The molecule has 3 aromatic rings. The van der Waals surface area contributed by atoms with E-state index < -0.39 is 10.0 Å². The molecule has 0 bridgehead atoms. The molecule has 172 valence electrons. The highest BCUT2D eigenvalue weighted by atomic mass is 32.2. The van der Waals surface area contributed by atoms with Gasteiger partial charge in [0, 0.05) is 37.2 Å². The summed E-state index contributed by atoms with van der Waals surface area (Å²) in [5.74, 6) is -0.257. The van der Waals surface area contributed by atoms with Crippen LogP contribution >= 0.6 is 0 Å². The first-order chi connectivity index (χ1) is 16.0. The third-order valence-corrected chi connectivity index (χ3v) is 7.52. The number of nitrogens with one attached hydrogen (secondary N) is 1. The van der Waals surface area contributed by atoms with Crippen molar-refractivity contribution in [3.8, 4) is 0 Å². The highest BCUT2D eigenvalue weighted by Gasteiger charge is 2.24. The molecule has 1 N–H and O–H groups in total. The van der Waals surface area contributed by atoms with E-state index in [1.54, 1.807) is 40.8 Å². The predicted octanol–water partition coefficient (Wildman–Crippen LogP) is 4.15. The van der Waals surface area contributed by atoms with Crippen LogP contribution in [0.2, 0.25) is 0 Å². The van der Waals surface area contributed by atoms with E-state index in [0.717, 1.165) is 36.8 Å². The Morgan fingerprint density at radius 3 is 2.45 bits per heavy atom. The molecular weight excluding hydrogens is 436 g/mol. The van der Waals surface area contributed by atoms with Crippen molar-refractivity contribution in [2.75, 3.05) is 18.4 Å². The molecule has 1 aromatic heterocycles. The summed E-state index contributed by atoms with van der Waals surface area (Å²) in [6.07, 6.45) is 10.7. The molecule has 1 aliphatic heterocycles. The maximum atomic E-state index is 12.9. The second-order valence-corrected chi connectivity index (χ2v) is 10.1. The number of carbonyl (C=O) groups excluding carboxylic acids is 1. The van der Waals surface area contributed by atoms with Gasteiger partial charge in [0.15, 0.2) is 0 Å². The Morgan fingerprint density at radius 2 is 1.76 bits per heavy atom. The zero-order valence-electron chi connectivity index (χ0n) is 18.4. The van der Waals surface area contributed by atoms with Crippen LogP contribution in [0.5, 0.6) is 0 Å². The van der Waals surface area contributed by atoms with Crippen molar-refractivity contribution in [2.24, 2.45) is 0 Å². The van der Waals surface area contributed by atoms with Crippen LogP contribution in [-0.4, -0.2) is 41.5 Å². The minimum Gasteiger partial charge on any atom is -0.323 e. The number of anilines is 1. The third-order valence-electron chi connectivity index (χ3n) is 5.61. The molecule has 1 fully saturated rings. The fourth-order valence-corrected chi connectivity index (χ4v) is 5.38. The van der Waals surface area contributed by atoms with Gasteiger partial charge in [-0.2, -0.15) is 9.40 Å². The van der Waals surface area contributed by atoms with Gasteiger partial charge in [-0.15, -0.1) is 0 Å². The number of hydrogen-bond donors (Lipinski definition) is 1. The molecule has 1 amide bonds. The maximum absolute atomic E-state index is 12.9. The smallest absolute Gasteiger partial charge is 0.248 e. The zero-order chi connectivity index (χ0) is 23.1.